The summed E-state index contributed by atoms with van der Waals surface area (Å²) >= 11 is 0. The Morgan fingerprint density at radius 2 is 1.83 bits per heavy atom. The predicted molar refractivity (Wildman–Crippen MR) is 70.5 cm³/mol. The van der Waals surface area contributed by atoms with Crippen molar-refractivity contribution in [2.24, 2.45) is 5.41 Å². The summed E-state index contributed by atoms with van der Waals surface area (Å²) in [4.78, 5) is 15.5. The first-order valence-corrected chi connectivity index (χ1v) is 6.60. The van der Waals surface area contributed by atoms with Crippen LogP contribution in [0.25, 0.3) is 0 Å². The van der Waals surface area contributed by atoms with E-state index in [0.717, 1.165) is 44.2 Å². The van der Waals surface area contributed by atoms with Gasteiger partial charge in [0.1, 0.15) is 0 Å². The molecule has 0 spiro atoms. The highest BCUT2D eigenvalue weighted by Gasteiger charge is 2.38. The first kappa shape index (κ1) is 12.9. The molecule has 4 nitrogen and oxygen atoms in total. The van der Waals surface area contributed by atoms with Crippen molar-refractivity contribution in [1.82, 2.24) is 4.98 Å². The summed E-state index contributed by atoms with van der Waals surface area (Å²) in [6, 6.07) is 3.73. The molecule has 0 bridgehead atoms. The Morgan fingerprint density at radius 1 is 1.22 bits per heavy atom. The van der Waals surface area contributed by atoms with Crippen LogP contribution in [0.5, 0.6) is 0 Å². The molecule has 2 N–H and O–H groups in total. The first-order valence-electron chi connectivity index (χ1n) is 6.60. The fraction of sp³-hybridized carbons (Fsp3) is 0.571. The molecule has 0 radical (unpaired) electrons. The van der Waals surface area contributed by atoms with Crippen LogP contribution in [-0.2, 0) is 4.79 Å². The Labute approximate surface area is 107 Å². The number of carboxylic acids is 1. The summed E-state index contributed by atoms with van der Waals surface area (Å²) in [6.45, 7) is 0.506. The molecule has 2 rings (SSSR count). The largest absolute Gasteiger partial charge is 0.481 e. The summed E-state index contributed by atoms with van der Waals surface area (Å²) in [6.07, 6.45) is 9.33. The minimum atomic E-state index is -0.661. The monoisotopic (exact) mass is 248 g/mol. The summed E-state index contributed by atoms with van der Waals surface area (Å²) in [7, 11) is 0. The summed E-state index contributed by atoms with van der Waals surface area (Å²) < 4.78 is 0. The molecular formula is C14H20N2O2. The molecule has 1 fully saturated rings. The smallest absolute Gasteiger partial charge is 0.311 e. The molecule has 0 unspecified atom stereocenters. The van der Waals surface area contributed by atoms with Crippen LogP contribution >= 0.6 is 0 Å². The van der Waals surface area contributed by atoms with Crippen LogP contribution in [0.1, 0.15) is 38.5 Å². The summed E-state index contributed by atoms with van der Waals surface area (Å²) in [5.74, 6) is -0.661. The maximum absolute atomic E-state index is 11.6. The Morgan fingerprint density at radius 3 is 2.39 bits per heavy atom. The highest BCUT2D eigenvalue weighted by atomic mass is 16.4. The van der Waals surface area contributed by atoms with Gasteiger partial charge in [-0.15, -0.1) is 0 Å². The fourth-order valence-corrected chi connectivity index (χ4v) is 2.61. The van der Waals surface area contributed by atoms with E-state index >= 15 is 0 Å². The SMILES string of the molecule is O=C(O)C1(CNc2ccncc2)CCCCCC1. The number of carbonyl (C=O) groups is 1. The van der Waals surface area contributed by atoms with E-state index in [1.807, 2.05) is 12.1 Å². The van der Waals surface area contributed by atoms with Crippen LogP contribution in [0.2, 0.25) is 0 Å². The number of aliphatic carboxylic acids is 1. The lowest BCUT2D eigenvalue weighted by atomic mass is 9.80. The molecule has 4 heteroatoms. The number of aromatic nitrogens is 1. The van der Waals surface area contributed by atoms with Crippen LogP contribution in [0.3, 0.4) is 0 Å². The molecule has 1 aliphatic rings. The summed E-state index contributed by atoms with van der Waals surface area (Å²) in [5, 5.41) is 12.8. The van der Waals surface area contributed by atoms with Gasteiger partial charge in [-0.2, -0.15) is 0 Å². The van der Waals surface area contributed by atoms with Gasteiger partial charge in [-0.25, -0.2) is 0 Å². The number of carboxylic acid groups (broad SMARTS) is 1. The van der Waals surface area contributed by atoms with Gasteiger partial charge in [0.05, 0.1) is 5.41 Å². The number of rotatable bonds is 4. The molecule has 1 aromatic rings. The summed E-state index contributed by atoms with van der Waals surface area (Å²) in [5.41, 5.74) is 0.342. The van der Waals surface area contributed by atoms with Crippen molar-refractivity contribution in [2.75, 3.05) is 11.9 Å². The van der Waals surface area contributed by atoms with E-state index in [9.17, 15) is 9.90 Å². The normalized spacial score (nSPS) is 18.9. The van der Waals surface area contributed by atoms with E-state index in [1.165, 1.54) is 0 Å². The average molecular weight is 248 g/mol. The van der Waals surface area contributed by atoms with Gasteiger partial charge in [-0.1, -0.05) is 25.7 Å². The van der Waals surface area contributed by atoms with E-state index < -0.39 is 11.4 Å². The predicted octanol–water partition coefficient (Wildman–Crippen LogP) is 2.92. The van der Waals surface area contributed by atoms with Crippen molar-refractivity contribution in [3.8, 4) is 0 Å². The van der Waals surface area contributed by atoms with E-state index in [1.54, 1.807) is 12.4 Å². The minimum Gasteiger partial charge on any atom is -0.481 e. The van der Waals surface area contributed by atoms with Gasteiger partial charge in [-0.05, 0) is 25.0 Å². The third kappa shape index (κ3) is 3.00. The van der Waals surface area contributed by atoms with Gasteiger partial charge in [0.2, 0.25) is 0 Å². The lowest BCUT2D eigenvalue weighted by molar-refractivity contribution is -0.149. The highest BCUT2D eigenvalue weighted by molar-refractivity contribution is 5.75. The van der Waals surface area contributed by atoms with Crippen molar-refractivity contribution in [2.45, 2.75) is 38.5 Å². The molecule has 18 heavy (non-hydrogen) atoms. The topological polar surface area (TPSA) is 62.2 Å². The zero-order valence-corrected chi connectivity index (χ0v) is 10.6. The van der Waals surface area contributed by atoms with Crippen LogP contribution in [-0.4, -0.2) is 22.6 Å². The molecule has 98 valence electrons. The first-order chi connectivity index (χ1) is 8.73. The molecule has 0 aromatic carbocycles. The molecule has 0 amide bonds. The van der Waals surface area contributed by atoms with Crippen LogP contribution < -0.4 is 5.32 Å². The van der Waals surface area contributed by atoms with Gasteiger partial charge in [0.15, 0.2) is 0 Å². The maximum Gasteiger partial charge on any atom is 0.311 e. The van der Waals surface area contributed by atoms with Crippen molar-refractivity contribution in [3.05, 3.63) is 24.5 Å². The molecule has 1 saturated carbocycles. The van der Waals surface area contributed by atoms with Crippen LogP contribution in [0, 0.1) is 5.41 Å². The van der Waals surface area contributed by atoms with Gasteiger partial charge < -0.3 is 10.4 Å². The Hall–Kier alpha value is -1.58. The zero-order chi connectivity index (χ0) is 12.8. The second-order valence-corrected chi connectivity index (χ2v) is 5.09. The molecule has 0 saturated heterocycles. The average Bonchev–Trinajstić information content (AvgIpc) is 2.64. The zero-order valence-electron chi connectivity index (χ0n) is 10.6. The van der Waals surface area contributed by atoms with Gasteiger partial charge >= 0.3 is 5.97 Å². The van der Waals surface area contributed by atoms with E-state index in [2.05, 4.69) is 10.3 Å². The third-order valence-corrected chi connectivity index (χ3v) is 3.83. The van der Waals surface area contributed by atoms with Crippen molar-refractivity contribution >= 4 is 11.7 Å². The molecule has 1 heterocycles. The van der Waals surface area contributed by atoms with E-state index in [0.29, 0.717) is 6.54 Å². The van der Waals surface area contributed by atoms with Crippen molar-refractivity contribution in [1.29, 1.82) is 0 Å². The number of nitrogens with one attached hydrogen (secondary N) is 1. The van der Waals surface area contributed by atoms with Crippen molar-refractivity contribution < 1.29 is 9.90 Å². The highest BCUT2D eigenvalue weighted by Crippen LogP contribution is 2.35. The number of nitrogens with zero attached hydrogens (tertiary/aromatic N) is 1. The maximum atomic E-state index is 11.6. The number of hydrogen-bond acceptors (Lipinski definition) is 3. The second kappa shape index (κ2) is 5.85. The van der Waals surface area contributed by atoms with Gasteiger partial charge in [0, 0.05) is 24.6 Å². The standard InChI is InChI=1S/C14H20N2O2/c17-13(18)14(7-3-1-2-4-8-14)11-16-12-5-9-15-10-6-12/h5-6,9-10H,1-4,7-8,11H2,(H,15,16)(H,17,18). The number of anilines is 1. The van der Waals surface area contributed by atoms with Gasteiger partial charge in [-0.3, -0.25) is 9.78 Å². The lowest BCUT2D eigenvalue weighted by Crippen LogP contribution is -2.37. The van der Waals surface area contributed by atoms with Crippen LogP contribution in [0.15, 0.2) is 24.5 Å². The molecular weight excluding hydrogens is 228 g/mol. The number of hydrogen-bond donors (Lipinski definition) is 2. The van der Waals surface area contributed by atoms with E-state index in [4.69, 9.17) is 0 Å². The molecule has 1 aliphatic carbocycles. The quantitative estimate of drug-likeness (QED) is 0.804. The Bertz CT molecular complexity index is 384. The lowest BCUT2D eigenvalue weighted by Gasteiger charge is -2.28. The van der Waals surface area contributed by atoms with Crippen molar-refractivity contribution in [3.63, 3.8) is 0 Å². The second-order valence-electron chi connectivity index (χ2n) is 5.09. The molecule has 0 aliphatic heterocycles. The van der Waals surface area contributed by atoms with E-state index in [-0.39, 0.29) is 0 Å². The fourth-order valence-electron chi connectivity index (χ4n) is 2.61. The third-order valence-electron chi connectivity index (χ3n) is 3.83. The molecule has 0 atom stereocenters. The number of pyridine rings is 1. The molecule has 1 aromatic heterocycles. The minimum absolute atomic E-state index is 0.506. The van der Waals surface area contributed by atoms with Gasteiger partial charge in [0.25, 0.3) is 0 Å². The van der Waals surface area contributed by atoms with Crippen LogP contribution in [0.4, 0.5) is 5.69 Å². The Balaban J connectivity index is 2.04. The Kier molecular flexibility index (Phi) is 4.18.